The molecule has 1 aromatic rings. The van der Waals surface area contributed by atoms with Gasteiger partial charge in [0, 0.05) is 37.8 Å². The van der Waals surface area contributed by atoms with Crippen LogP contribution in [0.15, 0.2) is 24.3 Å². The van der Waals surface area contributed by atoms with Gasteiger partial charge >= 0.3 is 0 Å². The van der Waals surface area contributed by atoms with Crippen molar-refractivity contribution in [3.63, 3.8) is 0 Å². The van der Waals surface area contributed by atoms with Crippen LogP contribution < -0.4 is 4.74 Å². The van der Waals surface area contributed by atoms with Crippen molar-refractivity contribution in [1.29, 1.82) is 0 Å². The van der Waals surface area contributed by atoms with Gasteiger partial charge in [-0.25, -0.2) is 0 Å². The Morgan fingerprint density at radius 1 is 1.11 bits per heavy atom. The second kappa shape index (κ2) is 5.21. The Morgan fingerprint density at radius 3 is 2.26 bits per heavy atom. The third-order valence-corrected chi connectivity index (χ3v) is 4.00. The molecule has 0 aromatic heterocycles. The van der Waals surface area contributed by atoms with Gasteiger partial charge in [0.2, 0.25) is 0 Å². The molecule has 0 unspecified atom stereocenters. The Bertz CT molecular complexity index is 446. The summed E-state index contributed by atoms with van der Waals surface area (Å²) in [4.78, 5) is 16.8. The summed E-state index contributed by atoms with van der Waals surface area (Å²) in [6.45, 7) is 3.74. The third kappa shape index (κ3) is 2.73. The van der Waals surface area contributed by atoms with Gasteiger partial charge < -0.3 is 9.64 Å². The van der Waals surface area contributed by atoms with E-state index in [0.717, 1.165) is 43.5 Å². The number of carbonyl (C=O) groups excluding carboxylic acids is 1. The van der Waals surface area contributed by atoms with Crippen LogP contribution in [-0.2, 0) is 0 Å². The van der Waals surface area contributed by atoms with Gasteiger partial charge in [0.05, 0.1) is 7.11 Å². The molecule has 2 aliphatic rings. The summed E-state index contributed by atoms with van der Waals surface area (Å²) in [5.41, 5.74) is 0.751. The number of benzene rings is 1. The topological polar surface area (TPSA) is 32.8 Å². The Balaban J connectivity index is 1.60. The molecule has 2 fully saturated rings. The van der Waals surface area contributed by atoms with Gasteiger partial charge in [0.25, 0.3) is 5.91 Å². The van der Waals surface area contributed by atoms with Crippen LogP contribution >= 0.6 is 0 Å². The number of amides is 1. The molecule has 19 heavy (non-hydrogen) atoms. The maximum atomic E-state index is 12.4. The van der Waals surface area contributed by atoms with E-state index in [2.05, 4.69) is 4.90 Å². The normalized spacial score (nSPS) is 20.4. The van der Waals surface area contributed by atoms with E-state index >= 15 is 0 Å². The number of piperazine rings is 1. The molecule has 3 rings (SSSR count). The molecule has 0 N–H and O–H groups in total. The van der Waals surface area contributed by atoms with Crippen LogP contribution in [0.2, 0.25) is 0 Å². The van der Waals surface area contributed by atoms with Gasteiger partial charge in [0.15, 0.2) is 0 Å². The van der Waals surface area contributed by atoms with Gasteiger partial charge in [-0.1, -0.05) is 0 Å². The van der Waals surface area contributed by atoms with Crippen LogP contribution in [-0.4, -0.2) is 55.0 Å². The summed E-state index contributed by atoms with van der Waals surface area (Å²) in [6, 6.07) is 8.17. The van der Waals surface area contributed by atoms with Gasteiger partial charge in [0.1, 0.15) is 5.75 Å². The molecular formula is C15H20N2O2. The molecule has 1 saturated heterocycles. The lowest BCUT2D eigenvalue weighted by atomic mass is 10.1. The van der Waals surface area contributed by atoms with E-state index in [1.807, 2.05) is 29.2 Å². The van der Waals surface area contributed by atoms with E-state index in [0.29, 0.717) is 0 Å². The van der Waals surface area contributed by atoms with Crippen LogP contribution in [0.1, 0.15) is 23.2 Å². The smallest absolute Gasteiger partial charge is 0.253 e. The average Bonchev–Trinajstić information content (AvgIpc) is 3.31. The molecule has 1 aliphatic carbocycles. The summed E-state index contributed by atoms with van der Waals surface area (Å²) in [6.07, 6.45) is 2.68. The quantitative estimate of drug-likeness (QED) is 0.828. The molecule has 1 heterocycles. The number of methoxy groups -OCH3 is 1. The highest BCUT2D eigenvalue weighted by Crippen LogP contribution is 2.27. The van der Waals surface area contributed by atoms with Crippen LogP contribution in [0.4, 0.5) is 0 Å². The highest BCUT2D eigenvalue weighted by molar-refractivity contribution is 5.94. The number of hydrogen-bond acceptors (Lipinski definition) is 3. The highest BCUT2D eigenvalue weighted by Gasteiger charge is 2.32. The van der Waals surface area contributed by atoms with Crippen molar-refractivity contribution in [2.45, 2.75) is 18.9 Å². The van der Waals surface area contributed by atoms with Crippen molar-refractivity contribution < 1.29 is 9.53 Å². The van der Waals surface area contributed by atoms with Gasteiger partial charge in [-0.3, -0.25) is 9.69 Å². The average molecular weight is 260 g/mol. The van der Waals surface area contributed by atoms with Crippen LogP contribution in [0.25, 0.3) is 0 Å². The lowest BCUT2D eigenvalue weighted by Crippen LogP contribution is -2.49. The molecule has 1 aromatic carbocycles. The monoisotopic (exact) mass is 260 g/mol. The number of ether oxygens (including phenoxy) is 1. The standard InChI is InChI=1S/C15H20N2O2/c1-19-14-6-2-12(3-7-14)15(18)17-10-8-16(9-11-17)13-4-5-13/h2-3,6-7,13H,4-5,8-11H2,1H3. The predicted octanol–water partition coefficient (Wildman–Crippen LogP) is 1.62. The molecule has 0 radical (unpaired) electrons. The maximum absolute atomic E-state index is 12.4. The fraction of sp³-hybridized carbons (Fsp3) is 0.533. The summed E-state index contributed by atoms with van der Waals surface area (Å²) in [5.74, 6) is 0.924. The van der Waals surface area contributed by atoms with Crippen molar-refractivity contribution in [3.05, 3.63) is 29.8 Å². The fourth-order valence-corrected chi connectivity index (χ4v) is 2.65. The van der Waals surface area contributed by atoms with E-state index in [4.69, 9.17) is 4.74 Å². The summed E-state index contributed by atoms with van der Waals surface area (Å²) in [7, 11) is 1.63. The third-order valence-electron chi connectivity index (χ3n) is 4.00. The molecule has 0 spiro atoms. The second-order valence-corrected chi connectivity index (χ2v) is 5.29. The van der Waals surface area contributed by atoms with Crippen LogP contribution in [0, 0.1) is 0 Å². The number of carbonyl (C=O) groups is 1. The van der Waals surface area contributed by atoms with Gasteiger partial charge in [-0.2, -0.15) is 0 Å². The zero-order valence-corrected chi connectivity index (χ0v) is 11.3. The van der Waals surface area contributed by atoms with E-state index in [-0.39, 0.29) is 5.91 Å². The SMILES string of the molecule is COc1ccc(C(=O)N2CCN(C3CC3)CC2)cc1. The Hall–Kier alpha value is -1.55. The Labute approximate surface area is 113 Å². The first-order chi connectivity index (χ1) is 9.28. The number of rotatable bonds is 3. The first-order valence-electron chi connectivity index (χ1n) is 6.95. The molecular weight excluding hydrogens is 240 g/mol. The van der Waals surface area contributed by atoms with E-state index < -0.39 is 0 Å². The Kier molecular flexibility index (Phi) is 3.42. The minimum atomic E-state index is 0.137. The largest absolute Gasteiger partial charge is 0.497 e. The fourth-order valence-electron chi connectivity index (χ4n) is 2.65. The van der Waals surface area contributed by atoms with E-state index in [1.54, 1.807) is 7.11 Å². The zero-order valence-electron chi connectivity index (χ0n) is 11.3. The first kappa shape index (κ1) is 12.5. The van der Waals surface area contributed by atoms with Crippen LogP contribution in [0.5, 0.6) is 5.75 Å². The number of nitrogens with zero attached hydrogens (tertiary/aromatic N) is 2. The lowest BCUT2D eigenvalue weighted by Gasteiger charge is -2.34. The molecule has 1 saturated carbocycles. The second-order valence-electron chi connectivity index (χ2n) is 5.29. The van der Waals surface area contributed by atoms with Gasteiger partial charge in [-0.05, 0) is 37.1 Å². The van der Waals surface area contributed by atoms with Crippen LogP contribution in [0.3, 0.4) is 0 Å². The summed E-state index contributed by atoms with van der Waals surface area (Å²) in [5, 5.41) is 0. The molecule has 0 atom stereocenters. The Morgan fingerprint density at radius 2 is 1.74 bits per heavy atom. The van der Waals surface area contributed by atoms with Crippen molar-refractivity contribution in [2.24, 2.45) is 0 Å². The van der Waals surface area contributed by atoms with E-state index in [9.17, 15) is 4.79 Å². The predicted molar refractivity (Wildman–Crippen MR) is 73.5 cm³/mol. The van der Waals surface area contributed by atoms with Crippen molar-refractivity contribution in [2.75, 3.05) is 33.3 Å². The zero-order chi connectivity index (χ0) is 13.2. The van der Waals surface area contributed by atoms with E-state index in [1.165, 1.54) is 12.8 Å². The van der Waals surface area contributed by atoms with Crippen molar-refractivity contribution in [1.82, 2.24) is 9.80 Å². The lowest BCUT2D eigenvalue weighted by molar-refractivity contribution is 0.0627. The molecule has 1 amide bonds. The summed E-state index contributed by atoms with van der Waals surface area (Å²) >= 11 is 0. The van der Waals surface area contributed by atoms with Gasteiger partial charge in [-0.15, -0.1) is 0 Å². The minimum absolute atomic E-state index is 0.137. The first-order valence-corrected chi connectivity index (χ1v) is 6.95. The molecule has 102 valence electrons. The maximum Gasteiger partial charge on any atom is 0.253 e. The molecule has 0 bridgehead atoms. The minimum Gasteiger partial charge on any atom is -0.497 e. The molecule has 4 nitrogen and oxygen atoms in total. The molecule has 1 aliphatic heterocycles. The highest BCUT2D eigenvalue weighted by atomic mass is 16.5. The van der Waals surface area contributed by atoms with Crippen molar-refractivity contribution >= 4 is 5.91 Å². The summed E-state index contributed by atoms with van der Waals surface area (Å²) < 4.78 is 5.11. The molecule has 4 heteroatoms. The number of hydrogen-bond donors (Lipinski definition) is 0. The van der Waals surface area contributed by atoms with Crippen molar-refractivity contribution in [3.8, 4) is 5.75 Å².